The molecular weight excluding hydrogens is 497 g/mol. The molecule has 1 N–H and O–H groups in total. The summed E-state index contributed by atoms with van der Waals surface area (Å²) in [5.41, 5.74) is 4.71. The lowest BCUT2D eigenvalue weighted by Gasteiger charge is -2.26. The number of carbonyl (C=O) groups is 1. The minimum absolute atomic E-state index is 0.142. The number of rotatable bonds is 6. The maximum absolute atomic E-state index is 15.2. The van der Waals surface area contributed by atoms with Crippen LogP contribution in [0.1, 0.15) is 0 Å². The maximum Gasteiger partial charge on any atom is 0.260 e. The number of morpholine rings is 1. The number of thiazole rings is 1. The molecule has 0 atom stereocenters. The fraction of sp³-hybridized carbons (Fsp3) is 0.240. The first-order valence-electron chi connectivity index (χ1n) is 11.6. The van der Waals surface area contributed by atoms with Gasteiger partial charge in [-0.1, -0.05) is 0 Å². The van der Waals surface area contributed by atoms with Crippen LogP contribution in [0.4, 0.5) is 15.9 Å². The van der Waals surface area contributed by atoms with E-state index in [1.807, 2.05) is 25.4 Å². The Morgan fingerprint density at radius 1 is 1.16 bits per heavy atom. The Labute approximate surface area is 214 Å². The van der Waals surface area contributed by atoms with Crippen LogP contribution in [0.3, 0.4) is 0 Å². The van der Waals surface area contributed by atoms with E-state index in [0.29, 0.717) is 59.0 Å². The van der Waals surface area contributed by atoms with E-state index in [0.717, 1.165) is 11.1 Å². The van der Waals surface area contributed by atoms with Gasteiger partial charge < -0.3 is 19.7 Å². The van der Waals surface area contributed by atoms with Crippen molar-refractivity contribution in [3.05, 3.63) is 54.3 Å². The maximum atomic E-state index is 15.2. The second-order valence-corrected chi connectivity index (χ2v) is 9.38. The van der Waals surface area contributed by atoms with Gasteiger partial charge in [-0.15, -0.1) is 11.3 Å². The number of nitrogens with zero attached hydrogens (tertiary/aromatic N) is 6. The van der Waals surface area contributed by atoms with Crippen LogP contribution < -0.4 is 10.1 Å². The molecule has 0 saturated carbocycles. The van der Waals surface area contributed by atoms with Gasteiger partial charge in [-0.05, 0) is 29.8 Å². The highest BCUT2D eigenvalue weighted by molar-refractivity contribution is 7.16. The van der Waals surface area contributed by atoms with Gasteiger partial charge in [0.2, 0.25) is 0 Å². The number of hydrogen-bond acceptors (Lipinski definition) is 9. The molecule has 10 nitrogen and oxygen atoms in total. The van der Waals surface area contributed by atoms with E-state index in [2.05, 4.69) is 25.4 Å². The summed E-state index contributed by atoms with van der Waals surface area (Å²) < 4.78 is 28.8. The van der Waals surface area contributed by atoms with Crippen molar-refractivity contribution >= 4 is 49.9 Å². The SMILES string of the molecule is Cn1cc(-c2cc(OCC(=O)N3CCOCC3)c3c(Nc4ccc5ncsc5c4F)ncnc3c2)cn1. The molecule has 1 saturated heterocycles. The third-order valence-corrected chi connectivity index (χ3v) is 6.98. The van der Waals surface area contributed by atoms with E-state index in [9.17, 15) is 4.79 Å². The third kappa shape index (κ3) is 4.56. The first kappa shape index (κ1) is 23.3. The zero-order chi connectivity index (χ0) is 25.4. The molecule has 0 radical (unpaired) electrons. The molecule has 3 aromatic heterocycles. The molecule has 12 heteroatoms. The van der Waals surface area contributed by atoms with Crippen LogP contribution >= 0.6 is 11.3 Å². The second-order valence-electron chi connectivity index (χ2n) is 8.53. The number of anilines is 2. The Morgan fingerprint density at radius 3 is 2.84 bits per heavy atom. The predicted octanol–water partition coefficient (Wildman–Crippen LogP) is 3.76. The van der Waals surface area contributed by atoms with Crippen LogP contribution in [-0.4, -0.2) is 68.4 Å². The monoisotopic (exact) mass is 519 g/mol. The summed E-state index contributed by atoms with van der Waals surface area (Å²) in [6.07, 6.45) is 5.02. The minimum Gasteiger partial charge on any atom is -0.483 e. The second kappa shape index (κ2) is 9.71. The molecule has 1 aliphatic heterocycles. The van der Waals surface area contributed by atoms with Crippen molar-refractivity contribution in [3.8, 4) is 16.9 Å². The van der Waals surface area contributed by atoms with Gasteiger partial charge in [-0.2, -0.15) is 5.10 Å². The van der Waals surface area contributed by atoms with Crippen molar-refractivity contribution < 1.29 is 18.7 Å². The Bertz CT molecular complexity index is 1610. The summed E-state index contributed by atoms with van der Waals surface area (Å²) in [6.45, 7) is 1.88. The molecular formula is C25H22FN7O3S. The number of carbonyl (C=O) groups excluding carboxylic acids is 1. The standard InChI is InChI=1S/C25H22FN7O3S/c1-32-11-16(10-30-32)15-8-19-22(20(9-15)36-12-21(34)33-4-6-35-7-5-33)25(28-13-27-19)31-17-2-3-18-24(23(17)26)37-14-29-18/h2-3,8-11,13-14H,4-7,12H2,1H3,(H,27,28,31). The molecule has 2 aromatic carbocycles. The highest BCUT2D eigenvalue weighted by atomic mass is 32.1. The largest absolute Gasteiger partial charge is 0.483 e. The summed E-state index contributed by atoms with van der Waals surface area (Å²) in [4.78, 5) is 27.5. The number of fused-ring (bicyclic) bond motifs is 2. The van der Waals surface area contributed by atoms with E-state index in [-0.39, 0.29) is 18.2 Å². The Morgan fingerprint density at radius 2 is 2.03 bits per heavy atom. The summed E-state index contributed by atoms with van der Waals surface area (Å²) >= 11 is 1.23. The molecule has 4 heterocycles. The van der Waals surface area contributed by atoms with Crippen LogP contribution in [0.25, 0.3) is 32.2 Å². The normalized spacial score (nSPS) is 13.8. The lowest BCUT2D eigenvalue weighted by atomic mass is 10.1. The molecule has 0 unspecified atom stereocenters. The molecule has 1 fully saturated rings. The molecule has 37 heavy (non-hydrogen) atoms. The summed E-state index contributed by atoms with van der Waals surface area (Å²) in [5.74, 6) is 0.208. The molecule has 5 aromatic rings. The van der Waals surface area contributed by atoms with Gasteiger partial charge in [0.25, 0.3) is 5.91 Å². The zero-order valence-corrected chi connectivity index (χ0v) is 20.7. The fourth-order valence-electron chi connectivity index (χ4n) is 4.26. The van der Waals surface area contributed by atoms with Crippen molar-refractivity contribution in [2.45, 2.75) is 0 Å². The molecule has 0 aliphatic carbocycles. The van der Waals surface area contributed by atoms with Crippen molar-refractivity contribution in [3.63, 3.8) is 0 Å². The van der Waals surface area contributed by atoms with Gasteiger partial charge >= 0.3 is 0 Å². The number of halogens is 1. The number of hydrogen-bond donors (Lipinski definition) is 1. The fourth-order valence-corrected chi connectivity index (χ4v) is 4.99. The third-order valence-electron chi connectivity index (χ3n) is 6.15. The predicted molar refractivity (Wildman–Crippen MR) is 137 cm³/mol. The topological polar surface area (TPSA) is 107 Å². The molecule has 1 aliphatic rings. The highest BCUT2D eigenvalue weighted by Gasteiger charge is 2.20. The first-order chi connectivity index (χ1) is 18.1. The molecule has 6 rings (SSSR count). The molecule has 188 valence electrons. The Hall–Kier alpha value is -4.16. The van der Waals surface area contributed by atoms with Crippen LogP contribution in [0.15, 0.2) is 48.5 Å². The van der Waals surface area contributed by atoms with E-state index >= 15 is 4.39 Å². The summed E-state index contributed by atoms with van der Waals surface area (Å²) in [5, 5.41) is 7.89. The lowest BCUT2D eigenvalue weighted by Crippen LogP contribution is -2.43. The number of benzene rings is 2. The number of aryl methyl sites for hydroxylation is 1. The lowest BCUT2D eigenvalue weighted by molar-refractivity contribution is -0.137. The van der Waals surface area contributed by atoms with Crippen LogP contribution in [0.2, 0.25) is 0 Å². The van der Waals surface area contributed by atoms with Gasteiger partial charge in [-0.3, -0.25) is 9.48 Å². The Kier molecular flexibility index (Phi) is 6.10. The van der Waals surface area contributed by atoms with Gasteiger partial charge in [0.1, 0.15) is 17.9 Å². The quantitative estimate of drug-likeness (QED) is 0.361. The van der Waals surface area contributed by atoms with Gasteiger partial charge in [0.15, 0.2) is 12.4 Å². The van der Waals surface area contributed by atoms with Gasteiger partial charge in [0, 0.05) is 31.9 Å². The molecule has 1 amide bonds. The number of ether oxygens (including phenoxy) is 2. The average molecular weight is 520 g/mol. The van der Waals surface area contributed by atoms with Gasteiger partial charge in [0.05, 0.1) is 51.7 Å². The number of nitrogens with one attached hydrogen (secondary N) is 1. The van der Waals surface area contributed by atoms with Crippen LogP contribution in [0.5, 0.6) is 5.75 Å². The van der Waals surface area contributed by atoms with Crippen LogP contribution in [0, 0.1) is 5.82 Å². The van der Waals surface area contributed by atoms with E-state index in [1.54, 1.807) is 33.4 Å². The Balaban J connectivity index is 1.40. The zero-order valence-electron chi connectivity index (χ0n) is 19.8. The minimum atomic E-state index is -0.413. The average Bonchev–Trinajstić information content (AvgIpc) is 3.58. The molecule has 0 spiro atoms. The van der Waals surface area contributed by atoms with Gasteiger partial charge in [-0.25, -0.2) is 19.3 Å². The van der Waals surface area contributed by atoms with E-state index < -0.39 is 5.82 Å². The van der Waals surface area contributed by atoms with Crippen molar-refractivity contribution in [1.29, 1.82) is 0 Å². The van der Waals surface area contributed by atoms with Crippen molar-refractivity contribution in [2.75, 3.05) is 38.2 Å². The van der Waals surface area contributed by atoms with Crippen molar-refractivity contribution in [2.24, 2.45) is 7.05 Å². The smallest absolute Gasteiger partial charge is 0.260 e. The van der Waals surface area contributed by atoms with E-state index in [1.165, 1.54) is 17.7 Å². The molecule has 0 bridgehead atoms. The first-order valence-corrected chi connectivity index (χ1v) is 12.5. The number of amides is 1. The summed E-state index contributed by atoms with van der Waals surface area (Å²) in [7, 11) is 1.83. The highest BCUT2D eigenvalue weighted by Crippen LogP contribution is 2.37. The van der Waals surface area contributed by atoms with Crippen LogP contribution in [-0.2, 0) is 16.6 Å². The number of aromatic nitrogens is 5. The van der Waals surface area contributed by atoms with Crippen molar-refractivity contribution in [1.82, 2.24) is 29.6 Å². The summed E-state index contributed by atoms with van der Waals surface area (Å²) in [6, 6.07) is 7.08. The van der Waals surface area contributed by atoms with E-state index in [4.69, 9.17) is 9.47 Å².